The van der Waals surface area contributed by atoms with E-state index in [1.54, 1.807) is 6.07 Å². The lowest BCUT2D eigenvalue weighted by Gasteiger charge is -2.30. The van der Waals surface area contributed by atoms with Crippen molar-refractivity contribution in [2.45, 2.75) is 25.8 Å². The number of hydrogen-bond acceptors (Lipinski definition) is 6. The number of halogens is 1. The van der Waals surface area contributed by atoms with Crippen LogP contribution < -0.4 is 24.4 Å². The van der Waals surface area contributed by atoms with E-state index in [4.69, 9.17) is 14.5 Å². The molecule has 6 nitrogen and oxygen atoms in total. The molecule has 1 aliphatic carbocycles. The third kappa shape index (κ3) is 4.31. The van der Waals surface area contributed by atoms with Gasteiger partial charge in [-0.2, -0.15) is 0 Å². The molecule has 4 aromatic rings. The van der Waals surface area contributed by atoms with Gasteiger partial charge >= 0.3 is 5.97 Å². The summed E-state index contributed by atoms with van der Waals surface area (Å²) in [6, 6.07) is 22.0. The Hall–Kier alpha value is -3.50. The molecular weight excluding hydrogens is 611 g/mol. The molecule has 1 atom stereocenters. The molecule has 0 unspecified atom stereocenters. The SMILES string of the molecule is COc1cc(/C=c2/sc3n(c2=O)[C@H](c2ccccc2)C2=C(N=3)c3ccccc3CC2)cc(I)c1OC(C)=O. The summed E-state index contributed by atoms with van der Waals surface area (Å²) >= 11 is 3.49. The van der Waals surface area contributed by atoms with E-state index in [2.05, 4.69) is 52.9 Å². The fourth-order valence-corrected chi connectivity index (χ4v) is 6.91. The lowest BCUT2D eigenvalue weighted by molar-refractivity contribution is -0.132. The van der Waals surface area contributed by atoms with Crippen molar-refractivity contribution in [3.8, 4) is 11.5 Å². The van der Waals surface area contributed by atoms with Crippen LogP contribution in [0.15, 0.2) is 82.1 Å². The molecule has 2 heterocycles. The van der Waals surface area contributed by atoms with Gasteiger partial charge < -0.3 is 9.47 Å². The first-order chi connectivity index (χ1) is 18.4. The number of aromatic nitrogens is 1. The number of carbonyl (C=O) groups is 1. The molecule has 1 aromatic heterocycles. The molecule has 190 valence electrons. The highest BCUT2D eigenvalue weighted by Crippen LogP contribution is 2.41. The van der Waals surface area contributed by atoms with E-state index in [0.29, 0.717) is 24.4 Å². The molecule has 0 N–H and O–H groups in total. The number of rotatable bonds is 4. The number of carbonyl (C=O) groups excluding carboxylic acids is 1. The summed E-state index contributed by atoms with van der Waals surface area (Å²) in [6.07, 6.45) is 3.63. The summed E-state index contributed by atoms with van der Waals surface area (Å²) in [5.41, 5.74) is 6.36. The summed E-state index contributed by atoms with van der Waals surface area (Å²) in [6.45, 7) is 1.35. The van der Waals surface area contributed by atoms with Crippen molar-refractivity contribution >= 4 is 51.7 Å². The van der Waals surface area contributed by atoms with Crippen molar-refractivity contribution in [1.82, 2.24) is 4.57 Å². The fourth-order valence-electron chi connectivity index (χ4n) is 5.17. The number of nitrogens with zero attached hydrogens (tertiary/aromatic N) is 2. The Morgan fingerprint density at radius 3 is 2.63 bits per heavy atom. The minimum Gasteiger partial charge on any atom is -0.493 e. The first-order valence-corrected chi connectivity index (χ1v) is 14.1. The van der Waals surface area contributed by atoms with Gasteiger partial charge in [-0.3, -0.25) is 14.2 Å². The van der Waals surface area contributed by atoms with Crippen LogP contribution in [0.1, 0.15) is 41.6 Å². The quantitative estimate of drug-likeness (QED) is 0.183. The van der Waals surface area contributed by atoms with Crippen LogP contribution in [0.2, 0.25) is 0 Å². The van der Waals surface area contributed by atoms with E-state index in [1.807, 2.05) is 41.0 Å². The predicted octanol–water partition coefficient (Wildman–Crippen LogP) is 4.86. The second-order valence-corrected chi connectivity index (χ2v) is 11.3. The van der Waals surface area contributed by atoms with Crippen molar-refractivity contribution in [3.05, 3.63) is 118 Å². The zero-order valence-electron chi connectivity index (χ0n) is 20.7. The molecule has 3 aromatic carbocycles. The van der Waals surface area contributed by atoms with Crippen LogP contribution in [0.5, 0.6) is 11.5 Å². The Labute approximate surface area is 236 Å². The number of aryl methyl sites for hydroxylation is 1. The second-order valence-electron chi connectivity index (χ2n) is 9.15. The smallest absolute Gasteiger partial charge is 0.308 e. The van der Waals surface area contributed by atoms with Crippen LogP contribution in [0.3, 0.4) is 0 Å². The van der Waals surface area contributed by atoms with Crippen molar-refractivity contribution in [2.75, 3.05) is 7.11 Å². The van der Waals surface area contributed by atoms with Crippen molar-refractivity contribution in [2.24, 2.45) is 4.99 Å². The molecular formula is C30H23IN2O4S. The largest absolute Gasteiger partial charge is 0.493 e. The van der Waals surface area contributed by atoms with Crippen LogP contribution in [-0.2, 0) is 11.2 Å². The van der Waals surface area contributed by atoms with E-state index in [-0.39, 0.29) is 11.6 Å². The molecule has 0 radical (unpaired) electrons. The van der Waals surface area contributed by atoms with E-state index in [0.717, 1.165) is 35.2 Å². The number of ether oxygens (including phenoxy) is 2. The summed E-state index contributed by atoms with van der Waals surface area (Å²) in [7, 11) is 1.53. The molecule has 0 saturated carbocycles. The zero-order chi connectivity index (χ0) is 26.4. The predicted molar refractivity (Wildman–Crippen MR) is 156 cm³/mol. The highest BCUT2D eigenvalue weighted by Gasteiger charge is 2.32. The number of esters is 1. The highest BCUT2D eigenvalue weighted by atomic mass is 127. The Morgan fingerprint density at radius 2 is 1.87 bits per heavy atom. The zero-order valence-corrected chi connectivity index (χ0v) is 23.7. The topological polar surface area (TPSA) is 69.9 Å². The molecule has 0 fully saturated rings. The summed E-state index contributed by atoms with van der Waals surface area (Å²) in [4.78, 5) is 31.2. The standard InChI is InChI=1S/C30H23IN2O4S/c1-17(34)37-28-23(31)14-18(15-24(28)36-2)16-25-29(35)33-27(20-9-4-3-5-10-20)22-13-12-19-8-6-7-11-21(19)26(22)32-30(33)38-25/h3-11,14-16,27H,12-13H2,1-2H3/b25-16+/t27-/m1/s1. The number of allylic oxidation sites excluding steroid dienone is 1. The molecule has 6 rings (SSSR count). The minimum absolute atomic E-state index is 0.0777. The van der Waals surface area contributed by atoms with Crippen LogP contribution in [0, 0.1) is 3.57 Å². The first-order valence-electron chi connectivity index (χ1n) is 12.2. The van der Waals surface area contributed by atoms with Gasteiger partial charge in [0.25, 0.3) is 5.56 Å². The first kappa shape index (κ1) is 24.8. The Kier molecular flexibility index (Phi) is 6.53. The van der Waals surface area contributed by atoms with Crippen LogP contribution in [-0.4, -0.2) is 17.6 Å². The molecule has 2 aliphatic rings. The van der Waals surface area contributed by atoms with E-state index in [1.165, 1.54) is 36.5 Å². The van der Waals surface area contributed by atoms with Gasteiger partial charge in [0.15, 0.2) is 16.3 Å². The molecule has 0 amide bonds. The van der Waals surface area contributed by atoms with Crippen molar-refractivity contribution in [3.63, 3.8) is 0 Å². The second kappa shape index (κ2) is 9.99. The number of hydrogen-bond donors (Lipinski definition) is 0. The molecule has 38 heavy (non-hydrogen) atoms. The third-order valence-electron chi connectivity index (χ3n) is 6.78. The molecule has 8 heteroatoms. The average Bonchev–Trinajstić information content (AvgIpc) is 3.23. The summed E-state index contributed by atoms with van der Waals surface area (Å²) in [5.74, 6) is 0.378. The molecule has 1 aliphatic heterocycles. The van der Waals surface area contributed by atoms with Gasteiger partial charge in [0.1, 0.15) is 0 Å². The molecule has 0 saturated heterocycles. The fraction of sp³-hybridized carbons (Fsp3) is 0.167. The van der Waals surface area contributed by atoms with Crippen LogP contribution >= 0.6 is 33.9 Å². The normalized spacial score (nSPS) is 16.3. The van der Waals surface area contributed by atoms with Crippen molar-refractivity contribution in [1.29, 1.82) is 0 Å². The third-order valence-corrected chi connectivity index (χ3v) is 8.57. The Bertz CT molecular complexity index is 1800. The van der Waals surface area contributed by atoms with Gasteiger partial charge in [-0.15, -0.1) is 0 Å². The van der Waals surface area contributed by atoms with Gasteiger partial charge in [0.2, 0.25) is 0 Å². The van der Waals surface area contributed by atoms with E-state index < -0.39 is 5.97 Å². The number of thiazole rings is 1. The van der Waals surface area contributed by atoms with Crippen molar-refractivity contribution < 1.29 is 14.3 Å². The van der Waals surface area contributed by atoms with Gasteiger partial charge in [0.05, 0.1) is 27.0 Å². The maximum absolute atomic E-state index is 13.9. The van der Waals surface area contributed by atoms with Gasteiger partial charge in [-0.05, 0) is 75.9 Å². The Balaban J connectivity index is 1.56. The van der Waals surface area contributed by atoms with E-state index in [9.17, 15) is 9.59 Å². The monoisotopic (exact) mass is 634 g/mol. The van der Waals surface area contributed by atoms with Crippen LogP contribution in [0.4, 0.5) is 0 Å². The highest BCUT2D eigenvalue weighted by molar-refractivity contribution is 14.1. The molecule has 0 spiro atoms. The Morgan fingerprint density at radius 1 is 1.11 bits per heavy atom. The number of methoxy groups -OCH3 is 1. The maximum Gasteiger partial charge on any atom is 0.308 e. The van der Waals surface area contributed by atoms with Gasteiger partial charge in [-0.1, -0.05) is 65.9 Å². The van der Waals surface area contributed by atoms with E-state index >= 15 is 0 Å². The average molecular weight is 634 g/mol. The lowest BCUT2D eigenvalue weighted by Crippen LogP contribution is -2.38. The number of benzene rings is 3. The summed E-state index contributed by atoms with van der Waals surface area (Å²) in [5, 5.41) is 0. The maximum atomic E-state index is 13.9. The van der Waals surface area contributed by atoms with Gasteiger partial charge in [0, 0.05) is 12.5 Å². The number of fused-ring (bicyclic) bond motifs is 3. The summed E-state index contributed by atoms with van der Waals surface area (Å²) < 4.78 is 14.0. The van der Waals surface area contributed by atoms with Gasteiger partial charge in [-0.25, -0.2) is 4.99 Å². The lowest BCUT2D eigenvalue weighted by atomic mass is 9.83. The van der Waals surface area contributed by atoms with Crippen LogP contribution in [0.25, 0.3) is 11.8 Å². The minimum atomic E-state index is -0.422. The molecule has 0 bridgehead atoms.